The summed E-state index contributed by atoms with van der Waals surface area (Å²) in [4.78, 5) is 12.0. The smallest absolute Gasteiger partial charge is 0.234 e. The first-order valence-electron chi connectivity index (χ1n) is 7.28. The van der Waals surface area contributed by atoms with Crippen LogP contribution >= 0.6 is 11.8 Å². The lowest BCUT2D eigenvalue weighted by Gasteiger charge is -2.09. The molecule has 1 aromatic heterocycles. The molecule has 0 spiro atoms. The molecule has 0 atom stereocenters. The molecule has 3 rings (SSSR count). The molecule has 9 heteroatoms. The number of tetrazole rings is 1. The normalized spacial score (nSPS) is 10.5. The lowest BCUT2D eigenvalue weighted by Crippen LogP contribution is -2.15. The van der Waals surface area contributed by atoms with Gasteiger partial charge in [0, 0.05) is 0 Å². The van der Waals surface area contributed by atoms with Crippen LogP contribution in [0, 0.1) is 5.82 Å². The molecule has 0 aliphatic carbocycles. The van der Waals surface area contributed by atoms with Crippen molar-refractivity contribution in [1.29, 1.82) is 0 Å². The molecule has 0 radical (unpaired) electrons. The van der Waals surface area contributed by atoms with E-state index in [9.17, 15) is 9.18 Å². The number of para-hydroxylation sites is 3. The highest BCUT2D eigenvalue weighted by atomic mass is 32.2. The summed E-state index contributed by atoms with van der Waals surface area (Å²) in [5.41, 5.74) is 0.796. The van der Waals surface area contributed by atoms with Crippen molar-refractivity contribution in [2.45, 2.75) is 5.16 Å². The fourth-order valence-electron chi connectivity index (χ4n) is 2.10. The Morgan fingerprint density at radius 3 is 2.80 bits per heavy atom. The molecule has 0 unspecified atom stereocenters. The first-order valence-corrected chi connectivity index (χ1v) is 8.26. The van der Waals surface area contributed by atoms with Gasteiger partial charge in [-0.1, -0.05) is 36.0 Å². The van der Waals surface area contributed by atoms with E-state index in [1.807, 2.05) is 12.1 Å². The summed E-state index contributed by atoms with van der Waals surface area (Å²) >= 11 is 1.14. The van der Waals surface area contributed by atoms with E-state index in [4.69, 9.17) is 4.74 Å². The second-order valence-corrected chi connectivity index (χ2v) is 5.80. The highest BCUT2D eigenvalue weighted by Gasteiger charge is 2.15. The highest BCUT2D eigenvalue weighted by molar-refractivity contribution is 7.99. The number of benzene rings is 2. The Kier molecular flexibility index (Phi) is 5.24. The molecule has 7 nitrogen and oxygen atoms in total. The number of nitrogens with one attached hydrogen (secondary N) is 1. The number of aromatic nitrogens is 4. The topological polar surface area (TPSA) is 81.9 Å². The summed E-state index contributed by atoms with van der Waals surface area (Å²) in [5, 5.41) is 14.4. The Morgan fingerprint density at radius 1 is 1.24 bits per heavy atom. The number of thioether (sulfide) groups is 1. The summed E-state index contributed by atoms with van der Waals surface area (Å²) in [7, 11) is 1.55. The van der Waals surface area contributed by atoms with Crippen LogP contribution in [-0.4, -0.2) is 39.0 Å². The van der Waals surface area contributed by atoms with Crippen molar-refractivity contribution >= 4 is 23.4 Å². The molecule has 1 N–H and O–H groups in total. The number of hydrogen-bond acceptors (Lipinski definition) is 6. The van der Waals surface area contributed by atoms with E-state index in [-0.39, 0.29) is 17.3 Å². The number of halogens is 1. The van der Waals surface area contributed by atoms with Gasteiger partial charge in [0.05, 0.1) is 18.6 Å². The van der Waals surface area contributed by atoms with E-state index in [1.54, 1.807) is 31.4 Å². The quantitative estimate of drug-likeness (QED) is 0.681. The van der Waals surface area contributed by atoms with Crippen LogP contribution in [0.25, 0.3) is 5.69 Å². The van der Waals surface area contributed by atoms with Crippen LogP contribution < -0.4 is 10.1 Å². The van der Waals surface area contributed by atoms with Crippen LogP contribution in [0.5, 0.6) is 5.75 Å². The van der Waals surface area contributed by atoms with Gasteiger partial charge in [-0.25, -0.2) is 4.39 Å². The molecule has 1 amide bonds. The standard InChI is InChI=1S/C16H14FN5O2S/c1-24-14-9-5-4-8-13(14)22-16(19-20-21-22)25-10-15(23)18-12-7-3-2-6-11(12)17/h2-9H,10H2,1H3,(H,18,23). The van der Waals surface area contributed by atoms with Crippen molar-refractivity contribution in [2.24, 2.45) is 0 Å². The third-order valence-corrected chi connectivity index (χ3v) is 4.15. The van der Waals surface area contributed by atoms with Gasteiger partial charge < -0.3 is 10.1 Å². The zero-order valence-corrected chi connectivity index (χ0v) is 14.0. The Labute approximate surface area is 147 Å². The summed E-state index contributed by atoms with van der Waals surface area (Å²) in [6.07, 6.45) is 0. The lowest BCUT2D eigenvalue weighted by atomic mass is 10.3. The minimum absolute atomic E-state index is 0.0316. The Hall–Kier alpha value is -2.94. The van der Waals surface area contributed by atoms with Gasteiger partial charge in [0.1, 0.15) is 17.3 Å². The summed E-state index contributed by atoms with van der Waals surface area (Å²) in [5.74, 6) is -0.207. The van der Waals surface area contributed by atoms with Gasteiger partial charge in [-0.05, 0) is 34.7 Å². The number of anilines is 1. The highest BCUT2D eigenvalue weighted by Crippen LogP contribution is 2.25. The molecule has 128 valence electrons. The minimum Gasteiger partial charge on any atom is -0.494 e. The van der Waals surface area contributed by atoms with Gasteiger partial charge in [-0.2, -0.15) is 4.68 Å². The Bertz CT molecular complexity index is 886. The first-order chi connectivity index (χ1) is 12.2. The Morgan fingerprint density at radius 2 is 2.00 bits per heavy atom. The molecular formula is C16H14FN5O2S. The van der Waals surface area contributed by atoms with Crippen LogP contribution in [-0.2, 0) is 4.79 Å². The zero-order chi connectivity index (χ0) is 17.6. The average molecular weight is 359 g/mol. The van der Waals surface area contributed by atoms with Gasteiger partial charge in [-0.15, -0.1) is 5.10 Å². The van der Waals surface area contributed by atoms with Crippen molar-refractivity contribution in [3.63, 3.8) is 0 Å². The van der Waals surface area contributed by atoms with Crippen LogP contribution in [0.3, 0.4) is 0 Å². The maximum absolute atomic E-state index is 13.6. The first kappa shape index (κ1) is 16.9. The van der Waals surface area contributed by atoms with Crippen LogP contribution in [0.1, 0.15) is 0 Å². The SMILES string of the molecule is COc1ccccc1-n1nnnc1SCC(=O)Nc1ccccc1F. The molecule has 0 aliphatic heterocycles. The molecule has 1 heterocycles. The number of carbonyl (C=O) groups is 1. The van der Waals surface area contributed by atoms with Gasteiger partial charge in [0.15, 0.2) is 0 Å². The number of rotatable bonds is 6. The lowest BCUT2D eigenvalue weighted by molar-refractivity contribution is -0.113. The van der Waals surface area contributed by atoms with E-state index in [1.165, 1.54) is 16.8 Å². The molecule has 0 saturated heterocycles. The van der Waals surface area contributed by atoms with Gasteiger partial charge in [0.2, 0.25) is 11.1 Å². The van der Waals surface area contributed by atoms with Crippen molar-refractivity contribution in [1.82, 2.24) is 20.2 Å². The average Bonchev–Trinajstić information content (AvgIpc) is 3.10. The summed E-state index contributed by atoms with van der Waals surface area (Å²) in [6.45, 7) is 0. The van der Waals surface area contributed by atoms with Gasteiger partial charge in [0.25, 0.3) is 0 Å². The number of amides is 1. The van der Waals surface area contributed by atoms with Gasteiger partial charge >= 0.3 is 0 Å². The number of methoxy groups -OCH3 is 1. The number of ether oxygens (including phenoxy) is 1. The second-order valence-electron chi connectivity index (χ2n) is 4.86. The predicted molar refractivity (Wildman–Crippen MR) is 91.5 cm³/mol. The maximum atomic E-state index is 13.6. The third-order valence-electron chi connectivity index (χ3n) is 3.23. The monoisotopic (exact) mass is 359 g/mol. The molecule has 2 aromatic carbocycles. The fourth-order valence-corrected chi connectivity index (χ4v) is 2.79. The van der Waals surface area contributed by atoms with E-state index < -0.39 is 5.82 Å². The van der Waals surface area contributed by atoms with Crippen molar-refractivity contribution < 1.29 is 13.9 Å². The van der Waals surface area contributed by atoms with E-state index >= 15 is 0 Å². The molecule has 0 fully saturated rings. The summed E-state index contributed by atoms with van der Waals surface area (Å²) < 4.78 is 20.3. The molecular weight excluding hydrogens is 345 g/mol. The van der Waals surface area contributed by atoms with Crippen LogP contribution in [0.15, 0.2) is 53.7 Å². The van der Waals surface area contributed by atoms with Gasteiger partial charge in [-0.3, -0.25) is 4.79 Å². The van der Waals surface area contributed by atoms with E-state index in [0.29, 0.717) is 16.6 Å². The van der Waals surface area contributed by atoms with Crippen LogP contribution in [0.2, 0.25) is 0 Å². The van der Waals surface area contributed by atoms with E-state index in [0.717, 1.165) is 11.8 Å². The van der Waals surface area contributed by atoms with Crippen molar-refractivity contribution in [3.8, 4) is 11.4 Å². The number of carbonyl (C=O) groups excluding carboxylic acids is 1. The third kappa shape index (κ3) is 3.94. The molecule has 3 aromatic rings. The Balaban J connectivity index is 1.70. The second kappa shape index (κ2) is 7.75. The number of hydrogen-bond donors (Lipinski definition) is 1. The van der Waals surface area contributed by atoms with E-state index in [2.05, 4.69) is 20.8 Å². The number of nitrogens with zero attached hydrogens (tertiary/aromatic N) is 4. The minimum atomic E-state index is -0.486. The fraction of sp³-hybridized carbons (Fsp3) is 0.125. The van der Waals surface area contributed by atoms with Crippen molar-refractivity contribution in [3.05, 3.63) is 54.3 Å². The zero-order valence-electron chi connectivity index (χ0n) is 13.2. The summed E-state index contributed by atoms with van der Waals surface area (Å²) in [6, 6.07) is 13.2. The largest absolute Gasteiger partial charge is 0.494 e. The van der Waals surface area contributed by atoms with Crippen LogP contribution in [0.4, 0.5) is 10.1 Å². The molecule has 0 bridgehead atoms. The maximum Gasteiger partial charge on any atom is 0.234 e. The van der Waals surface area contributed by atoms with Crippen molar-refractivity contribution in [2.75, 3.05) is 18.2 Å². The molecule has 25 heavy (non-hydrogen) atoms. The molecule has 0 saturated carbocycles. The predicted octanol–water partition coefficient (Wildman–Crippen LogP) is 2.54. The molecule has 0 aliphatic rings.